The van der Waals surface area contributed by atoms with E-state index in [2.05, 4.69) is 11.6 Å². The lowest BCUT2D eigenvalue weighted by molar-refractivity contribution is -0.137. The highest BCUT2D eigenvalue weighted by molar-refractivity contribution is 5.58. The second kappa shape index (κ2) is 3.20. The standard InChI is InChI=1S/C9H8F3N/c1-6(2)8-5-7(3-4-13-8)9(10,11)12/h3-5H,1H2,2H3. The largest absolute Gasteiger partial charge is 0.416 e. The van der Waals surface area contributed by atoms with E-state index in [1.807, 2.05) is 0 Å². The van der Waals surface area contributed by atoms with Gasteiger partial charge in [-0.25, -0.2) is 0 Å². The molecule has 0 bridgehead atoms. The lowest BCUT2D eigenvalue weighted by atomic mass is 10.1. The molecule has 0 N–H and O–H groups in total. The van der Waals surface area contributed by atoms with Gasteiger partial charge in [-0.05, 0) is 24.6 Å². The number of nitrogens with zero attached hydrogens (tertiary/aromatic N) is 1. The van der Waals surface area contributed by atoms with Gasteiger partial charge in [0, 0.05) is 6.20 Å². The third-order valence-electron chi connectivity index (χ3n) is 1.52. The maximum absolute atomic E-state index is 12.2. The SMILES string of the molecule is C=C(C)c1cc(C(F)(F)F)ccn1. The molecule has 0 aliphatic rings. The molecule has 0 saturated heterocycles. The summed E-state index contributed by atoms with van der Waals surface area (Å²) >= 11 is 0. The van der Waals surface area contributed by atoms with E-state index < -0.39 is 11.7 Å². The predicted octanol–water partition coefficient (Wildman–Crippen LogP) is 3.13. The summed E-state index contributed by atoms with van der Waals surface area (Å²) in [6.45, 7) is 5.13. The maximum atomic E-state index is 12.2. The molecule has 1 aromatic heterocycles. The molecule has 1 nitrogen and oxygen atoms in total. The Bertz CT molecular complexity index is 328. The monoisotopic (exact) mass is 187 g/mol. The third-order valence-corrected chi connectivity index (χ3v) is 1.52. The summed E-state index contributed by atoms with van der Waals surface area (Å²) in [6, 6.07) is 1.93. The number of aromatic nitrogens is 1. The number of hydrogen-bond acceptors (Lipinski definition) is 1. The first-order valence-corrected chi connectivity index (χ1v) is 3.60. The number of allylic oxidation sites excluding steroid dienone is 1. The first-order valence-electron chi connectivity index (χ1n) is 3.60. The Labute approximate surface area is 73.9 Å². The van der Waals surface area contributed by atoms with Crippen LogP contribution in [0.3, 0.4) is 0 Å². The zero-order valence-corrected chi connectivity index (χ0v) is 7.02. The molecule has 0 saturated carbocycles. The molecule has 13 heavy (non-hydrogen) atoms. The van der Waals surface area contributed by atoms with Gasteiger partial charge in [-0.2, -0.15) is 13.2 Å². The van der Waals surface area contributed by atoms with Crippen LogP contribution in [-0.4, -0.2) is 4.98 Å². The summed E-state index contributed by atoms with van der Waals surface area (Å²) < 4.78 is 36.5. The van der Waals surface area contributed by atoms with Crippen LogP contribution in [0.5, 0.6) is 0 Å². The van der Waals surface area contributed by atoms with E-state index in [0.717, 1.165) is 18.3 Å². The molecule has 0 aromatic carbocycles. The van der Waals surface area contributed by atoms with Crippen molar-refractivity contribution in [3.8, 4) is 0 Å². The molecule has 0 aliphatic carbocycles. The number of pyridine rings is 1. The van der Waals surface area contributed by atoms with Crippen molar-refractivity contribution >= 4 is 5.57 Å². The topological polar surface area (TPSA) is 12.9 Å². The van der Waals surface area contributed by atoms with Crippen LogP contribution in [-0.2, 0) is 6.18 Å². The van der Waals surface area contributed by atoms with Crippen molar-refractivity contribution < 1.29 is 13.2 Å². The van der Waals surface area contributed by atoms with Crippen LogP contribution in [0.25, 0.3) is 5.57 Å². The Balaban J connectivity index is 3.13. The van der Waals surface area contributed by atoms with E-state index in [1.165, 1.54) is 0 Å². The molecule has 1 aromatic rings. The van der Waals surface area contributed by atoms with Gasteiger partial charge in [0.2, 0.25) is 0 Å². The molecule has 0 unspecified atom stereocenters. The van der Waals surface area contributed by atoms with E-state index in [0.29, 0.717) is 5.57 Å². The Morgan fingerprint density at radius 1 is 1.46 bits per heavy atom. The van der Waals surface area contributed by atoms with E-state index >= 15 is 0 Å². The molecule has 70 valence electrons. The van der Waals surface area contributed by atoms with Crippen LogP contribution < -0.4 is 0 Å². The summed E-state index contributed by atoms with van der Waals surface area (Å²) in [6.07, 6.45) is -3.18. The first kappa shape index (κ1) is 9.77. The normalized spacial score (nSPS) is 11.4. The van der Waals surface area contributed by atoms with Gasteiger partial charge >= 0.3 is 6.18 Å². The van der Waals surface area contributed by atoms with E-state index in [4.69, 9.17) is 0 Å². The van der Waals surface area contributed by atoms with Gasteiger partial charge in [-0.15, -0.1) is 0 Å². The average molecular weight is 187 g/mol. The van der Waals surface area contributed by atoms with Crippen LogP contribution in [0.15, 0.2) is 24.9 Å². The molecule has 0 aliphatic heterocycles. The average Bonchev–Trinajstić information content (AvgIpc) is 2.03. The fourth-order valence-corrected chi connectivity index (χ4v) is 0.840. The minimum atomic E-state index is -4.31. The second-order valence-electron chi connectivity index (χ2n) is 2.71. The van der Waals surface area contributed by atoms with Crippen molar-refractivity contribution in [2.24, 2.45) is 0 Å². The zero-order valence-electron chi connectivity index (χ0n) is 7.02. The van der Waals surface area contributed by atoms with Gasteiger partial charge in [0.25, 0.3) is 0 Å². The van der Waals surface area contributed by atoms with E-state index in [9.17, 15) is 13.2 Å². The smallest absolute Gasteiger partial charge is 0.257 e. The summed E-state index contributed by atoms with van der Waals surface area (Å²) in [4.78, 5) is 3.75. The zero-order chi connectivity index (χ0) is 10.1. The van der Waals surface area contributed by atoms with E-state index in [-0.39, 0.29) is 5.69 Å². The minimum absolute atomic E-state index is 0.273. The fourth-order valence-electron chi connectivity index (χ4n) is 0.840. The lowest BCUT2D eigenvalue weighted by Crippen LogP contribution is -2.05. The molecular formula is C9H8F3N. The van der Waals surface area contributed by atoms with Gasteiger partial charge in [-0.3, -0.25) is 4.98 Å². The second-order valence-corrected chi connectivity index (χ2v) is 2.71. The molecule has 1 rings (SSSR count). The van der Waals surface area contributed by atoms with Crippen molar-refractivity contribution in [3.63, 3.8) is 0 Å². The molecular weight excluding hydrogens is 179 g/mol. The molecule has 0 amide bonds. The molecule has 0 fully saturated rings. The first-order chi connectivity index (χ1) is 5.91. The molecule has 0 radical (unpaired) electrons. The van der Waals surface area contributed by atoms with Crippen LogP contribution in [0.4, 0.5) is 13.2 Å². The Morgan fingerprint density at radius 2 is 2.08 bits per heavy atom. The van der Waals surface area contributed by atoms with Gasteiger partial charge in [0.1, 0.15) is 0 Å². The van der Waals surface area contributed by atoms with Crippen molar-refractivity contribution in [2.45, 2.75) is 13.1 Å². The Kier molecular flexibility index (Phi) is 2.40. The van der Waals surface area contributed by atoms with Crippen LogP contribution >= 0.6 is 0 Å². The molecule has 1 heterocycles. The summed E-state index contributed by atoms with van der Waals surface area (Å²) in [5.74, 6) is 0. The number of rotatable bonds is 1. The van der Waals surface area contributed by atoms with Crippen LogP contribution in [0.1, 0.15) is 18.2 Å². The number of hydrogen-bond donors (Lipinski definition) is 0. The molecule has 0 atom stereocenters. The summed E-state index contributed by atoms with van der Waals surface area (Å²) in [7, 11) is 0. The highest BCUT2D eigenvalue weighted by atomic mass is 19.4. The van der Waals surface area contributed by atoms with Gasteiger partial charge in [-0.1, -0.05) is 6.58 Å². The van der Waals surface area contributed by atoms with Crippen molar-refractivity contribution in [2.75, 3.05) is 0 Å². The quantitative estimate of drug-likeness (QED) is 0.658. The fraction of sp³-hybridized carbons (Fsp3) is 0.222. The number of alkyl halides is 3. The summed E-state index contributed by atoms with van der Waals surface area (Å²) in [5.41, 5.74) is 0.0985. The van der Waals surface area contributed by atoms with Crippen LogP contribution in [0, 0.1) is 0 Å². The van der Waals surface area contributed by atoms with Crippen LogP contribution in [0.2, 0.25) is 0 Å². The van der Waals surface area contributed by atoms with Gasteiger partial charge < -0.3 is 0 Å². The molecule has 0 spiro atoms. The highest BCUT2D eigenvalue weighted by Gasteiger charge is 2.30. The minimum Gasteiger partial charge on any atom is -0.257 e. The van der Waals surface area contributed by atoms with Gasteiger partial charge in [0.05, 0.1) is 11.3 Å². The maximum Gasteiger partial charge on any atom is 0.416 e. The van der Waals surface area contributed by atoms with E-state index in [1.54, 1.807) is 6.92 Å². The van der Waals surface area contributed by atoms with Crippen molar-refractivity contribution in [1.82, 2.24) is 4.98 Å². The van der Waals surface area contributed by atoms with Crippen molar-refractivity contribution in [1.29, 1.82) is 0 Å². The van der Waals surface area contributed by atoms with Crippen molar-refractivity contribution in [3.05, 3.63) is 36.2 Å². The molecule has 4 heteroatoms. The highest BCUT2D eigenvalue weighted by Crippen LogP contribution is 2.29. The third kappa shape index (κ3) is 2.31. The Morgan fingerprint density at radius 3 is 2.54 bits per heavy atom. The lowest BCUT2D eigenvalue weighted by Gasteiger charge is -2.07. The number of halogens is 3. The Hall–Kier alpha value is -1.32. The predicted molar refractivity (Wildman–Crippen MR) is 43.9 cm³/mol. The van der Waals surface area contributed by atoms with Gasteiger partial charge in [0.15, 0.2) is 0 Å². The summed E-state index contributed by atoms with van der Waals surface area (Å²) in [5, 5.41) is 0.